The molecule has 0 spiro atoms. The summed E-state index contributed by atoms with van der Waals surface area (Å²) >= 11 is 1.48. The smallest absolute Gasteiger partial charge is 0.245 e. The number of carbonyl (C=O) groups is 2. The van der Waals surface area contributed by atoms with Crippen molar-refractivity contribution in [3.05, 3.63) is 108 Å². The highest BCUT2D eigenvalue weighted by Gasteiger charge is 2.23. The van der Waals surface area contributed by atoms with Gasteiger partial charge in [-0.05, 0) is 42.7 Å². The van der Waals surface area contributed by atoms with Crippen LogP contribution in [0.3, 0.4) is 0 Å². The van der Waals surface area contributed by atoms with Crippen molar-refractivity contribution >= 4 is 29.4 Å². The molecule has 6 nitrogen and oxygen atoms in total. The second kappa shape index (κ2) is 12.8. The summed E-state index contributed by atoms with van der Waals surface area (Å²) < 4.78 is 1.79. The third kappa shape index (κ3) is 7.83. The predicted octanol–water partition coefficient (Wildman–Crippen LogP) is 6.28. The van der Waals surface area contributed by atoms with Crippen LogP contribution in [0.2, 0.25) is 0 Å². The largest absolute Gasteiger partial charge is 0.332 e. The molecule has 7 heteroatoms. The lowest BCUT2D eigenvalue weighted by atomic mass is 9.92. The third-order valence-electron chi connectivity index (χ3n) is 6.39. The fourth-order valence-electron chi connectivity index (χ4n) is 4.13. The molecule has 1 heterocycles. The summed E-state index contributed by atoms with van der Waals surface area (Å²) in [5, 5.41) is 7.88. The second-order valence-corrected chi connectivity index (χ2v) is 11.6. The number of thioether (sulfide) groups is 1. The van der Waals surface area contributed by atoms with Gasteiger partial charge < -0.3 is 10.2 Å². The van der Waals surface area contributed by atoms with Crippen molar-refractivity contribution in [1.29, 1.82) is 0 Å². The van der Waals surface area contributed by atoms with E-state index >= 15 is 0 Å². The van der Waals surface area contributed by atoms with E-state index in [2.05, 4.69) is 26.1 Å². The number of benzene rings is 3. The first-order valence-corrected chi connectivity index (χ1v) is 14.2. The predicted molar refractivity (Wildman–Crippen MR) is 160 cm³/mol. The van der Waals surface area contributed by atoms with Crippen LogP contribution in [0.25, 0.3) is 5.69 Å². The molecule has 0 unspecified atom stereocenters. The molecule has 4 rings (SSSR count). The van der Waals surface area contributed by atoms with Crippen molar-refractivity contribution in [2.24, 2.45) is 0 Å². The number of hydrogen-bond donors (Lipinski definition) is 1. The maximum Gasteiger partial charge on any atom is 0.245 e. The van der Waals surface area contributed by atoms with E-state index in [9.17, 15) is 9.59 Å². The Morgan fingerprint density at radius 2 is 1.56 bits per heavy atom. The van der Waals surface area contributed by atoms with Crippen LogP contribution in [0.4, 0.5) is 5.82 Å². The second-order valence-electron chi connectivity index (χ2n) is 10.6. The van der Waals surface area contributed by atoms with Crippen LogP contribution in [0.5, 0.6) is 0 Å². The summed E-state index contributed by atoms with van der Waals surface area (Å²) in [5.74, 6) is 0.531. The van der Waals surface area contributed by atoms with Gasteiger partial charge in [0.25, 0.3) is 0 Å². The fourth-order valence-corrected chi connectivity index (χ4v) is 4.95. The van der Waals surface area contributed by atoms with Crippen molar-refractivity contribution in [2.45, 2.75) is 44.4 Å². The summed E-state index contributed by atoms with van der Waals surface area (Å²) in [7, 11) is 0. The number of rotatable bonds is 10. The van der Waals surface area contributed by atoms with Crippen LogP contribution in [0.1, 0.15) is 37.6 Å². The van der Waals surface area contributed by atoms with Crippen LogP contribution in [0.15, 0.2) is 95.9 Å². The molecule has 39 heavy (non-hydrogen) atoms. The normalized spacial score (nSPS) is 11.3. The van der Waals surface area contributed by atoms with Crippen molar-refractivity contribution in [3.8, 4) is 5.69 Å². The quantitative estimate of drug-likeness (QED) is 0.240. The number of aromatic nitrogens is 2. The molecule has 0 radical (unpaired) electrons. The SMILES string of the molecule is Cc1ccccc1-n1nc(C(C)(C)C)cc1NC(=O)CN(CCc1ccccc1)C(=O)CSc1ccccc1. The van der Waals surface area contributed by atoms with Gasteiger partial charge in [-0.1, -0.05) is 87.5 Å². The summed E-state index contributed by atoms with van der Waals surface area (Å²) in [4.78, 5) is 29.4. The van der Waals surface area contributed by atoms with E-state index in [-0.39, 0.29) is 29.5 Å². The Hall–Kier alpha value is -3.84. The van der Waals surface area contributed by atoms with E-state index < -0.39 is 0 Å². The van der Waals surface area contributed by atoms with Gasteiger partial charge in [-0.25, -0.2) is 4.68 Å². The molecule has 1 N–H and O–H groups in total. The Morgan fingerprint density at radius 1 is 0.923 bits per heavy atom. The minimum atomic E-state index is -0.253. The van der Waals surface area contributed by atoms with Gasteiger partial charge in [0.1, 0.15) is 5.82 Å². The molecule has 0 saturated heterocycles. The van der Waals surface area contributed by atoms with Gasteiger partial charge in [0.2, 0.25) is 11.8 Å². The van der Waals surface area contributed by atoms with E-state index in [1.807, 2.05) is 97.9 Å². The van der Waals surface area contributed by atoms with E-state index in [1.165, 1.54) is 11.8 Å². The molecule has 0 saturated carbocycles. The maximum absolute atomic E-state index is 13.4. The molecule has 2 amide bonds. The first-order valence-electron chi connectivity index (χ1n) is 13.2. The lowest BCUT2D eigenvalue weighted by Crippen LogP contribution is -2.40. The van der Waals surface area contributed by atoms with Crippen LogP contribution >= 0.6 is 11.8 Å². The molecule has 4 aromatic rings. The molecule has 0 bridgehead atoms. The average molecular weight is 541 g/mol. The number of nitrogens with one attached hydrogen (secondary N) is 1. The lowest BCUT2D eigenvalue weighted by molar-refractivity contribution is -0.132. The fraction of sp³-hybridized carbons (Fsp3) is 0.281. The zero-order chi connectivity index (χ0) is 27.8. The lowest BCUT2D eigenvalue weighted by Gasteiger charge is -2.22. The Labute approximate surface area is 235 Å². The van der Waals surface area contributed by atoms with Crippen LogP contribution in [-0.2, 0) is 21.4 Å². The standard InChI is InChI=1S/C32H36N4O2S/c1-24-13-11-12-18-27(24)36-29(21-28(34-36)32(2,3)4)33-30(37)22-35(20-19-25-14-7-5-8-15-25)31(38)23-39-26-16-9-6-10-17-26/h5-18,21H,19-20,22-23H2,1-4H3,(H,33,37). The highest BCUT2D eigenvalue weighted by Crippen LogP contribution is 2.27. The highest BCUT2D eigenvalue weighted by molar-refractivity contribution is 8.00. The Bertz CT molecular complexity index is 1390. The molecule has 202 valence electrons. The van der Waals surface area contributed by atoms with Crippen molar-refractivity contribution in [3.63, 3.8) is 0 Å². The van der Waals surface area contributed by atoms with Gasteiger partial charge in [-0.2, -0.15) is 5.10 Å². The van der Waals surface area contributed by atoms with E-state index in [4.69, 9.17) is 5.10 Å². The van der Waals surface area contributed by atoms with Crippen LogP contribution in [-0.4, -0.2) is 45.3 Å². The van der Waals surface area contributed by atoms with Crippen LogP contribution in [0, 0.1) is 6.92 Å². The summed E-state index contributed by atoms with van der Waals surface area (Å²) in [6, 6.07) is 29.7. The molecule has 0 aliphatic rings. The van der Waals surface area contributed by atoms with E-state index in [0.717, 1.165) is 27.4 Å². The molecule has 0 aliphatic carbocycles. The molecule has 0 aliphatic heterocycles. The van der Waals surface area contributed by atoms with Crippen LogP contribution < -0.4 is 5.32 Å². The molecular weight excluding hydrogens is 504 g/mol. The molecule has 3 aromatic carbocycles. The van der Waals surface area contributed by atoms with E-state index in [1.54, 1.807) is 9.58 Å². The zero-order valence-electron chi connectivity index (χ0n) is 23.1. The number of carbonyl (C=O) groups excluding carboxylic acids is 2. The first kappa shape index (κ1) is 28.2. The Morgan fingerprint density at radius 3 is 2.23 bits per heavy atom. The number of aryl methyl sites for hydroxylation is 1. The Balaban J connectivity index is 1.52. The van der Waals surface area contributed by atoms with Gasteiger partial charge in [0.15, 0.2) is 0 Å². The summed E-state index contributed by atoms with van der Waals surface area (Å²) in [6.07, 6.45) is 0.672. The number of amides is 2. The topological polar surface area (TPSA) is 67.2 Å². The molecule has 0 fully saturated rings. The minimum Gasteiger partial charge on any atom is -0.332 e. The van der Waals surface area contributed by atoms with Crippen molar-refractivity contribution < 1.29 is 9.59 Å². The summed E-state index contributed by atoms with van der Waals surface area (Å²) in [5.41, 5.74) is 3.75. The monoisotopic (exact) mass is 540 g/mol. The number of hydrogen-bond acceptors (Lipinski definition) is 4. The first-order chi connectivity index (χ1) is 18.7. The van der Waals surface area contributed by atoms with Gasteiger partial charge >= 0.3 is 0 Å². The van der Waals surface area contributed by atoms with Gasteiger partial charge in [-0.3, -0.25) is 9.59 Å². The number of para-hydroxylation sites is 1. The van der Waals surface area contributed by atoms with Crippen molar-refractivity contribution in [1.82, 2.24) is 14.7 Å². The van der Waals surface area contributed by atoms with Gasteiger partial charge in [0, 0.05) is 22.9 Å². The van der Waals surface area contributed by atoms with E-state index in [0.29, 0.717) is 18.8 Å². The Kier molecular flexibility index (Phi) is 9.25. The third-order valence-corrected chi connectivity index (χ3v) is 7.39. The average Bonchev–Trinajstić information content (AvgIpc) is 3.35. The number of nitrogens with zero attached hydrogens (tertiary/aromatic N) is 3. The van der Waals surface area contributed by atoms with Gasteiger partial charge in [0.05, 0.1) is 23.7 Å². The minimum absolute atomic E-state index is 0.0369. The molecular formula is C32H36N4O2S. The summed E-state index contributed by atoms with van der Waals surface area (Å²) in [6.45, 7) is 8.72. The molecule has 1 aromatic heterocycles. The molecule has 0 atom stereocenters. The zero-order valence-corrected chi connectivity index (χ0v) is 23.9. The van der Waals surface area contributed by atoms with Crippen molar-refractivity contribution in [2.75, 3.05) is 24.2 Å². The highest BCUT2D eigenvalue weighted by atomic mass is 32.2. The maximum atomic E-state index is 13.4. The number of anilines is 1. The van der Waals surface area contributed by atoms with Gasteiger partial charge in [-0.15, -0.1) is 11.8 Å².